The highest BCUT2D eigenvalue weighted by Crippen LogP contribution is 2.24. The molecule has 1 fully saturated rings. The number of likely N-dealkylation sites (tertiary alicyclic amines) is 1. The molecule has 3 aromatic rings. The fraction of sp³-hybridized carbons (Fsp3) is 0.192. The number of benzene rings is 3. The third-order valence-corrected chi connectivity index (χ3v) is 5.70. The number of anilines is 1. The Morgan fingerprint density at radius 1 is 0.969 bits per heavy atom. The van der Waals surface area contributed by atoms with Crippen LogP contribution in [0, 0.1) is 5.92 Å². The molecule has 6 nitrogen and oxygen atoms in total. The molecule has 2 amide bonds. The molecule has 2 N–H and O–H groups in total. The number of fused-ring (bicyclic) bond motifs is 1. The molecule has 162 valence electrons. The lowest BCUT2D eigenvalue weighted by Crippen LogP contribution is -2.43. The van der Waals surface area contributed by atoms with Crippen molar-refractivity contribution in [1.82, 2.24) is 4.90 Å². The zero-order valence-corrected chi connectivity index (χ0v) is 17.5. The van der Waals surface area contributed by atoms with Crippen LogP contribution < -0.4 is 5.32 Å². The van der Waals surface area contributed by atoms with Crippen LogP contribution in [0.3, 0.4) is 0 Å². The lowest BCUT2D eigenvalue weighted by atomic mass is 9.95. The minimum Gasteiger partial charge on any atom is -0.478 e. The van der Waals surface area contributed by atoms with Crippen molar-refractivity contribution in [2.24, 2.45) is 5.92 Å². The van der Waals surface area contributed by atoms with Crippen molar-refractivity contribution in [3.63, 3.8) is 0 Å². The molecule has 6 heteroatoms. The van der Waals surface area contributed by atoms with Crippen LogP contribution in [0.25, 0.3) is 16.8 Å². The molecule has 0 radical (unpaired) electrons. The van der Waals surface area contributed by atoms with Gasteiger partial charge in [0.25, 0.3) is 5.91 Å². The van der Waals surface area contributed by atoms with E-state index in [1.807, 2.05) is 42.5 Å². The van der Waals surface area contributed by atoms with Crippen molar-refractivity contribution in [3.05, 3.63) is 83.9 Å². The van der Waals surface area contributed by atoms with Gasteiger partial charge >= 0.3 is 5.97 Å². The van der Waals surface area contributed by atoms with E-state index in [-0.39, 0.29) is 17.7 Å². The smallest absolute Gasteiger partial charge is 0.328 e. The molecule has 0 saturated carbocycles. The highest BCUT2D eigenvalue weighted by molar-refractivity contribution is 6.07. The first-order chi connectivity index (χ1) is 15.5. The van der Waals surface area contributed by atoms with E-state index in [4.69, 9.17) is 5.11 Å². The van der Waals surface area contributed by atoms with Crippen LogP contribution in [0.5, 0.6) is 0 Å². The average molecular weight is 428 g/mol. The third-order valence-electron chi connectivity index (χ3n) is 5.70. The molecule has 1 aliphatic heterocycles. The molecule has 0 bridgehead atoms. The maximum absolute atomic E-state index is 13.2. The first-order valence-electron chi connectivity index (χ1n) is 10.6. The minimum absolute atomic E-state index is 0.0473. The predicted molar refractivity (Wildman–Crippen MR) is 124 cm³/mol. The number of hydrogen-bond acceptors (Lipinski definition) is 3. The Balaban J connectivity index is 1.42. The second-order valence-corrected chi connectivity index (χ2v) is 7.90. The van der Waals surface area contributed by atoms with Gasteiger partial charge in [-0.05, 0) is 53.5 Å². The van der Waals surface area contributed by atoms with Crippen molar-refractivity contribution >= 4 is 40.3 Å². The van der Waals surface area contributed by atoms with Crippen LogP contribution in [0.15, 0.2) is 72.8 Å². The van der Waals surface area contributed by atoms with Gasteiger partial charge in [0.2, 0.25) is 5.91 Å². The van der Waals surface area contributed by atoms with Gasteiger partial charge in [0.05, 0.1) is 5.92 Å². The molecular weight excluding hydrogens is 404 g/mol. The number of nitrogens with one attached hydrogen (secondary N) is 1. The number of amides is 2. The Hall–Kier alpha value is -3.93. The molecule has 1 heterocycles. The van der Waals surface area contributed by atoms with Gasteiger partial charge in [-0.3, -0.25) is 9.59 Å². The van der Waals surface area contributed by atoms with Crippen molar-refractivity contribution in [3.8, 4) is 0 Å². The van der Waals surface area contributed by atoms with Gasteiger partial charge in [-0.2, -0.15) is 0 Å². The summed E-state index contributed by atoms with van der Waals surface area (Å²) in [5, 5.41) is 13.6. The Bertz CT molecular complexity index is 1180. The topological polar surface area (TPSA) is 86.7 Å². The minimum atomic E-state index is -1.01. The molecule has 0 aliphatic carbocycles. The first kappa shape index (κ1) is 21.3. The summed E-state index contributed by atoms with van der Waals surface area (Å²) in [6.45, 7) is 1.02. The summed E-state index contributed by atoms with van der Waals surface area (Å²) >= 11 is 0. The molecule has 32 heavy (non-hydrogen) atoms. The summed E-state index contributed by atoms with van der Waals surface area (Å²) in [4.78, 5) is 38.5. The van der Waals surface area contributed by atoms with Crippen LogP contribution in [0.4, 0.5) is 5.69 Å². The van der Waals surface area contributed by atoms with E-state index in [1.54, 1.807) is 29.2 Å². The zero-order valence-electron chi connectivity index (χ0n) is 17.5. The van der Waals surface area contributed by atoms with E-state index >= 15 is 0 Å². The summed E-state index contributed by atoms with van der Waals surface area (Å²) < 4.78 is 0. The number of carbonyl (C=O) groups is 3. The second-order valence-electron chi connectivity index (χ2n) is 7.90. The van der Waals surface area contributed by atoms with E-state index < -0.39 is 5.97 Å². The maximum Gasteiger partial charge on any atom is 0.328 e. The number of carboxylic acid groups (broad SMARTS) is 1. The number of hydrogen-bond donors (Lipinski definition) is 2. The van der Waals surface area contributed by atoms with Crippen LogP contribution in [0.2, 0.25) is 0 Å². The molecule has 1 atom stereocenters. The summed E-state index contributed by atoms with van der Waals surface area (Å²) in [5.41, 5.74) is 2.03. The van der Waals surface area contributed by atoms with Gasteiger partial charge in [-0.25, -0.2) is 4.79 Å². The van der Waals surface area contributed by atoms with Gasteiger partial charge in [0.1, 0.15) is 0 Å². The van der Waals surface area contributed by atoms with Gasteiger partial charge in [0, 0.05) is 30.4 Å². The molecule has 3 aromatic carbocycles. The standard InChI is InChI=1S/C26H24N2O4/c29-24(30)15-12-18-10-13-21(14-11-18)27-25(31)20-7-4-16-28(17-20)26(32)23-9-3-6-19-5-1-2-8-22(19)23/h1-3,5-6,8-15,20H,4,7,16-17H2,(H,27,31)(H,29,30). The van der Waals surface area contributed by atoms with Crippen LogP contribution in [0.1, 0.15) is 28.8 Å². The Kier molecular flexibility index (Phi) is 6.31. The highest BCUT2D eigenvalue weighted by atomic mass is 16.4. The SMILES string of the molecule is O=C(O)C=Cc1ccc(NC(=O)C2CCCN(C(=O)c3cccc4ccccc34)C2)cc1. The normalized spacial score (nSPS) is 16.2. The van der Waals surface area contributed by atoms with Gasteiger partial charge in [0.15, 0.2) is 0 Å². The number of nitrogens with zero attached hydrogens (tertiary/aromatic N) is 1. The van der Waals surface area contributed by atoms with Crippen molar-refractivity contribution in [2.45, 2.75) is 12.8 Å². The van der Waals surface area contributed by atoms with Gasteiger partial charge in [-0.15, -0.1) is 0 Å². The fourth-order valence-electron chi connectivity index (χ4n) is 4.05. The van der Waals surface area contributed by atoms with Gasteiger partial charge < -0.3 is 15.3 Å². The molecule has 0 spiro atoms. The third kappa shape index (κ3) is 4.86. The van der Waals surface area contributed by atoms with Crippen LogP contribution in [-0.2, 0) is 9.59 Å². The van der Waals surface area contributed by atoms with Crippen LogP contribution >= 0.6 is 0 Å². The Morgan fingerprint density at radius 3 is 2.50 bits per heavy atom. The molecule has 1 aliphatic rings. The number of aliphatic carboxylic acids is 1. The maximum atomic E-state index is 13.2. The largest absolute Gasteiger partial charge is 0.478 e. The Morgan fingerprint density at radius 2 is 1.72 bits per heavy atom. The average Bonchev–Trinajstić information content (AvgIpc) is 2.83. The summed E-state index contributed by atoms with van der Waals surface area (Å²) in [6.07, 6.45) is 4.06. The lowest BCUT2D eigenvalue weighted by molar-refractivity contribution is -0.131. The van der Waals surface area contributed by atoms with E-state index in [2.05, 4.69) is 5.32 Å². The van der Waals surface area contributed by atoms with E-state index in [0.717, 1.165) is 35.3 Å². The number of carbonyl (C=O) groups excluding carboxylic acids is 2. The number of rotatable bonds is 5. The summed E-state index contributed by atoms with van der Waals surface area (Å²) in [6, 6.07) is 20.5. The van der Waals surface area contributed by atoms with Crippen molar-refractivity contribution in [1.29, 1.82) is 0 Å². The van der Waals surface area contributed by atoms with E-state index in [1.165, 1.54) is 6.08 Å². The van der Waals surface area contributed by atoms with Gasteiger partial charge in [-0.1, -0.05) is 48.5 Å². The first-order valence-corrected chi connectivity index (χ1v) is 10.6. The molecule has 4 rings (SSSR count). The lowest BCUT2D eigenvalue weighted by Gasteiger charge is -2.32. The van der Waals surface area contributed by atoms with Crippen molar-refractivity contribution in [2.75, 3.05) is 18.4 Å². The highest BCUT2D eigenvalue weighted by Gasteiger charge is 2.29. The summed E-state index contributed by atoms with van der Waals surface area (Å²) in [7, 11) is 0. The molecular formula is C26H24N2O4. The van der Waals surface area contributed by atoms with Crippen molar-refractivity contribution < 1.29 is 19.5 Å². The molecule has 0 aromatic heterocycles. The molecule has 1 saturated heterocycles. The number of piperidine rings is 1. The van der Waals surface area contributed by atoms with E-state index in [0.29, 0.717) is 24.3 Å². The zero-order chi connectivity index (χ0) is 22.5. The van der Waals surface area contributed by atoms with Crippen LogP contribution in [-0.4, -0.2) is 40.9 Å². The second kappa shape index (κ2) is 9.47. The summed E-state index contributed by atoms with van der Waals surface area (Å²) in [5.74, 6) is -1.46. The number of carboxylic acids is 1. The predicted octanol–water partition coefficient (Wildman–Crippen LogP) is 4.43. The Labute approximate surface area is 186 Å². The fourth-order valence-corrected chi connectivity index (χ4v) is 4.05. The molecule has 1 unspecified atom stereocenters. The monoisotopic (exact) mass is 428 g/mol. The quantitative estimate of drug-likeness (QED) is 0.589. The van der Waals surface area contributed by atoms with E-state index in [9.17, 15) is 14.4 Å².